The van der Waals surface area contributed by atoms with Gasteiger partial charge in [0.15, 0.2) is 0 Å². The van der Waals surface area contributed by atoms with Crippen molar-refractivity contribution in [1.29, 1.82) is 0 Å². The van der Waals surface area contributed by atoms with E-state index in [2.05, 4.69) is 10.3 Å². The summed E-state index contributed by atoms with van der Waals surface area (Å²) in [7, 11) is 0. The van der Waals surface area contributed by atoms with Crippen LogP contribution in [0.15, 0.2) is 46.2 Å². The van der Waals surface area contributed by atoms with Crippen molar-refractivity contribution in [1.82, 2.24) is 10.3 Å². The number of nitrogens with one attached hydrogen (secondary N) is 1. The van der Waals surface area contributed by atoms with Crippen LogP contribution in [0.2, 0.25) is 0 Å². The minimum Gasteiger partial charge on any atom is -0.440 e. The van der Waals surface area contributed by atoms with Crippen molar-refractivity contribution in [3.63, 3.8) is 0 Å². The molecule has 124 valence electrons. The Labute approximate surface area is 145 Å². The number of carbonyl (C=O) groups excluding carboxylic acids is 1. The molecule has 0 aliphatic rings. The first-order valence-electron chi connectivity index (χ1n) is 7.89. The molecule has 1 N–H and O–H groups in total. The number of rotatable bonds is 5. The van der Waals surface area contributed by atoms with Crippen LogP contribution >= 0.6 is 11.3 Å². The molecule has 0 radical (unpaired) electrons. The molecule has 0 saturated heterocycles. The fourth-order valence-electron chi connectivity index (χ4n) is 2.69. The Hall–Kier alpha value is -2.40. The van der Waals surface area contributed by atoms with E-state index in [0.29, 0.717) is 17.3 Å². The molecule has 0 aliphatic carbocycles. The summed E-state index contributed by atoms with van der Waals surface area (Å²) in [5.41, 5.74) is 2.98. The van der Waals surface area contributed by atoms with Crippen LogP contribution in [0.4, 0.5) is 0 Å². The van der Waals surface area contributed by atoms with E-state index in [1.807, 2.05) is 62.5 Å². The highest BCUT2D eigenvalue weighted by molar-refractivity contribution is 7.13. The Kier molecular flexibility index (Phi) is 4.81. The van der Waals surface area contributed by atoms with Gasteiger partial charge in [0.05, 0.1) is 23.0 Å². The van der Waals surface area contributed by atoms with E-state index < -0.39 is 0 Å². The van der Waals surface area contributed by atoms with Crippen LogP contribution in [0, 0.1) is 13.8 Å². The van der Waals surface area contributed by atoms with E-state index in [1.54, 1.807) is 11.3 Å². The fourth-order valence-corrected chi connectivity index (χ4v) is 3.34. The zero-order chi connectivity index (χ0) is 17.1. The van der Waals surface area contributed by atoms with Crippen molar-refractivity contribution < 1.29 is 9.21 Å². The van der Waals surface area contributed by atoms with E-state index in [4.69, 9.17) is 4.42 Å². The number of hydrogen-bond donors (Lipinski definition) is 1. The molecular weight excluding hydrogens is 320 g/mol. The summed E-state index contributed by atoms with van der Waals surface area (Å²) < 4.78 is 5.69. The van der Waals surface area contributed by atoms with Gasteiger partial charge in [0, 0.05) is 0 Å². The van der Waals surface area contributed by atoms with Crippen LogP contribution < -0.4 is 5.32 Å². The van der Waals surface area contributed by atoms with Crippen LogP contribution in [0.5, 0.6) is 0 Å². The zero-order valence-corrected chi connectivity index (χ0v) is 14.8. The highest BCUT2D eigenvalue weighted by Gasteiger charge is 2.17. The molecule has 24 heavy (non-hydrogen) atoms. The number of nitrogens with zero attached hydrogens (tertiary/aromatic N) is 1. The maximum absolute atomic E-state index is 12.4. The predicted molar refractivity (Wildman–Crippen MR) is 96.0 cm³/mol. The van der Waals surface area contributed by atoms with E-state index in [9.17, 15) is 4.79 Å². The maximum atomic E-state index is 12.4. The largest absolute Gasteiger partial charge is 0.440 e. The molecule has 2 aromatic heterocycles. The smallest absolute Gasteiger partial charge is 0.236 e. The molecule has 0 aliphatic heterocycles. The summed E-state index contributed by atoms with van der Waals surface area (Å²) in [6.07, 6.45) is 0.219. The summed E-state index contributed by atoms with van der Waals surface area (Å²) in [5.74, 6) is 1.22. The first kappa shape index (κ1) is 16.5. The van der Waals surface area contributed by atoms with Gasteiger partial charge in [-0.15, -0.1) is 11.3 Å². The molecule has 1 unspecified atom stereocenters. The minimum absolute atomic E-state index is 0.0392. The van der Waals surface area contributed by atoms with E-state index >= 15 is 0 Å². The highest BCUT2D eigenvalue weighted by Crippen LogP contribution is 2.26. The normalized spacial score (nSPS) is 12.1. The average molecular weight is 340 g/mol. The third-order valence-electron chi connectivity index (χ3n) is 3.99. The van der Waals surface area contributed by atoms with E-state index in [1.165, 1.54) is 5.56 Å². The molecule has 1 aromatic carbocycles. The second-order valence-corrected chi connectivity index (χ2v) is 6.77. The van der Waals surface area contributed by atoms with Crippen LogP contribution in [0.25, 0.3) is 10.8 Å². The van der Waals surface area contributed by atoms with Crippen LogP contribution in [-0.2, 0) is 11.2 Å². The van der Waals surface area contributed by atoms with Crippen LogP contribution in [-0.4, -0.2) is 10.9 Å². The molecule has 5 heteroatoms. The third kappa shape index (κ3) is 3.57. The van der Waals surface area contributed by atoms with Gasteiger partial charge in [0.25, 0.3) is 0 Å². The van der Waals surface area contributed by atoms with Crippen molar-refractivity contribution in [2.75, 3.05) is 0 Å². The summed E-state index contributed by atoms with van der Waals surface area (Å²) >= 11 is 1.57. The maximum Gasteiger partial charge on any atom is 0.236 e. The molecular formula is C19H20N2O2S. The van der Waals surface area contributed by atoms with Crippen LogP contribution in [0.1, 0.15) is 35.5 Å². The second-order valence-electron chi connectivity index (χ2n) is 5.82. The third-order valence-corrected chi connectivity index (χ3v) is 4.84. The van der Waals surface area contributed by atoms with Gasteiger partial charge in [0.2, 0.25) is 11.8 Å². The first-order chi connectivity index (χ1) is 11.5. The van der Waals surface area contributed by atoms with Gasteiger partial charge in [-0.1, -0.05) is 30.3 Å². The number of amides is 1. The molecule has 0 saturated carbocycles. The molecule has 0 fully saturated rings. The molecule has 0 spiro atoms. The number of hydrogen-bond acceptors (Lipinski definition) is 4. The fraction of sp³-hybridized carbons (Fsp3) is 0.263. The van der Waals surface area contributed by atoms with Gasteiger partial charge >= 0.3 is 0 Å². The lowest BCUT2D eigenvalue weighted by Gasteiger charge is -2.16. The molecule has 3 aromatic rings. The van der Waals surface area contributed by atoms with Crippen LogP contribution in [0.3, 0.4) is 0 Å². The Morgan fingerprint density at radius 1 is 1.25 bits per heavy atom. The lowest BCUT2D eigenvalue weighted by atomic mass is 10.0. The molecule has 0 bridgehead atoms. The molecule has 4 nitrogen and oxygen atoms in total. The number of thiophene rings is 1. The Morgan fingerprint density at radius 3 is 2.75 bits per heavy atom. The Morgan fingerprint density at radius 2 is 2.04 bits per heavy atom. The topological polar surface area (TPSA) is 55.1 Å². The van der Waals surface area contributed by atoms with Gasteiger partial charge < -0.3 is 9.73 Å². The number of oxazole rings is 1. The number of benzene rings is 1. The zero-order valence-electron chi connectivity index (χ0n) is 14.0. The monoisotopic (exact) mass is 340 g/mol. The molecule has 3 rings (SSSR count). The summed E-state index contributed by atoms with van der Waals surface area (Å²) in [6.45, 7) is 5.89. The number of carbonyl (C=O) groups is 1. The van der Waals surface area contributed by atoms with E-state index in [-0.39, 0.29) is 18.4 Å². The van der Waals surface area contributed by atoms with Crippen molar-refractivity contribution in [2.45, 2.75) is 33.2 Å². The summed E-state index contributed by atoms with van der Waals surface area (Å²) in [5, 5.41) is 5.02. The lowest BCUT2D eigenvalue weighted by Crippen LogP contribution is -2.28. The first-order valence-corrected chi connectivity index (χ1v) is 8.77. The molecule has 2 heterocycles. The summed E-state index contributed by atoms with van der Waals surface area (Å²) in [4.78, 5) is 17.8. The van der Waals surface area contributed by atoms with Crippen molar-refractivity contribution in [3.05, 3.63) is 64.4 Å². The van der Waals surface area contributed by atoms with Gasteiger partial charge in [-0.3, -0.25) is 4.79 Å². The van der Waals surface area contributed by atoms with Gasteiger partial charge in [-0.2, -0.15) is 0 Å². The van der Waals surface area contributed by atoms with Crippen molar-refractivity contribution in [2.24, 2.45) is 0 Å². The van der Waals surface area contributed by atoms with Gasteiger partial charge in [-0.25, -0.2) is 4.98 Å². The summed E-state index contributed by atoms with van der Waals surface area (Å²) in [6, 6.07) is 11.9. The molecule has 1 atom stereocenters. The predicted octanol–water partition coefficient (Wildman–Crippen LogP) is 4.44. The quantitative estimate of drug-likeness (QED) is 0.747. The Bertz CT molecular complexity index is 837. The van der Waals surface area contributed by atoms with Crippen molar-refractivity contribution in [3.8, 4) is 10.8 Å². The van der Waals surface area contributed by atoms with Crippen molar-refractivity contribution >= 4 is 17.2 Å². The number of aromatic nitrogens is 1. The van der Waals surface area contributed by atoms with E-state index in [0.717, 1.165) is 10.4 Å². The second kappa shape index (κ2) is 7.01. The van der Waals surface area contributed by atoms with Gasteiger partial charge in [-0.05, 0) is 43.3 Å². The minimum atomic E-state index is -0.0557. The average Bonchev–Trinajstić information content (AvgIpc) is 3.18. The number of aryl methyl sites for hydroxylation is 2. The standard InChI is InChI=1S/C19H20N2O2S/c1-12-7-4-5-8-15(12)13(2)20-18(22)11-16-14(3)23-19(21-16)17-9-6-10-24-17/h4-10,13H,11H2,1-3H3,(H,20,22). The SMILES string of the molecule is Cc1ccccc1C(C)NC(=O)Cc1nc(-c2cccs2)oc1C. The van der Waals surface area contributed by atoms with Gasteiger partial charge in [0.1, 0.15) is 5.76 Å². The highest BCUT2D eigenvalue weighted by atomic mass is 32.1. The lowest BCUT2D eigenvalue weighted by molar-refractivity contribution is -0.121. The Balaban J connectivity index is 1.68. The molecule has 1 amide bonds.